The predicted octanol–water partition coefficient (Wildman–Crippen LogP) is 2.66. The number of carboxylic acid groups (broad SMARTS) is 1. The lowest BCUT2D eigenvalue weighted by atomic mass is 10.0. The summed E-state index contributed by atoms with van der Waals surface area (Å²) in [7, 11) is 1.46. The second-order valence-electron chi connectivity index (χ2n) is 5.00. The van der Waals surface area contributed by atoms with Gasteiger partial charge in [-0.15, -0.1) is 0 Å². The Hall–Kier alpha value is -1.58. The average molecular weight is 238 g/mol. The van der Waals surface area contributed by atoms with Gasteiger partial charge in [-0.2, -0.15) is 0 Å². The molecule has 0 saturated heterocycles. The smallest absolute Gasteiger partial charge is 0.307 e. The van der Waals surface area contributed by atoms with Crippen molar-refractivity contribution < 1.29 is 19.0 Å². The summed E-state index contributed by atoms with van der Waals surface area (Å²) in [5.74, 6) is -1.31. The number of carbonyl (C=O) groups is 1. The van der Waals surface area contributed by atoms with Gasteiger partial charge in [0.25, 0.3) is 0 Å². The van der Waals surface area contributed by atoms with Crippen molar-refractivity contribution in [2.75, 3.05) is 7.11 Å². The van der Waals surface area contributed by atoms with Gasteiger partial charge in [0.15, 0.2) is 0 Å². The Morgan fingerprint density at radius 1 is 1.47 bits per heavy atom. The summed E-state index contributed by atoms with van der Waals surface area (Å²) >= 11 is 0. The summed E-state index contributed by atoms with van der Waals surface area (Å²) in [5.41, 5.74) is 0.461. The summed E-state index contributed by atoms with van der Waals surface area (Å²) in [5, 5.41) is 9.12. The zero-order valence-electron chi connectivity index (χ0n) is 10.0. The molecule has 4 heteroatoms. The molecule has 1 aromatic rings. The Balaban J connectivity index is 2.40. The standard InChI is InChI=1S/C13H15FO3/c1-13(2)10(11(13)12(15)16)8-5-4-7(14)6-9(8)17-3/h4-6,10-11H,1-3H3,(H,15,16). The topological polar surface area (TPSA) is 46.5 Å². The van der Waals surface area contributed by atoms with Gasteiger partial charge >= 0.3 is 5.97 Å². The number of aliphatic carboxylic acids is 1. The highest BCUT2D eigenvalue weighted by Crippen LogP contribution is 2.65. The minimum Gasteiger partial charge on any atom is -0.496 e. The molecule has 2 rings (SSSR count). The molecule has 1 aliphatic rings. The summed E-state index contributed by atoms with van der Waals surface area (Å²) in [6.45, 7) is 3.80. The average Bonchev–Trinajstić information content (AvgIpc) is 2.81. The summed E-state index contributed by atoms with van der Waals surface area (Å²) in [6.07, 6.45) is 0. The molecule has 2 unspecified atom stereocenters. The Kier molecular flexibility index (Phi) is 2.60. The van der Waals surface area contributed by atoms with Crippen LogP contribution in [0.4, 0.5) is 4.39 Å². The second kappa shape index (κ2) is 3.72. The van der Waals surface area contributed by atoms with E-state index in [0.717, 1.165) is 5.56 Å². The lowest BCUT2D eigenvalue weighted by molar-refractivity contribution is -0.139. The molecule has 1 fully saturated rings. The number of benzene rings is 1. The van der Waals surface area contributed by atoms with Crippen LogP contribution in [0.15, 0.2) is 18.2 Å². The summed E-state index contributed by atoms with van der Waals surface area (Å²) in [6, 6.07) is 4.25. The quantitative estimate of drug-likeness (QED) is 0.880. The number of rotatable bonds is 3. The van der Waals surface area contributed by atoms with Gasteiger partial charge in [-0.3, -0.25) is 4.79 Å². The van der Waals surface area contributed by atoms with Crippen molar-refractivity contribution >= 4 is 5.97 Å². The van der Waals surface area contributed by atoms with Crippen molar-refractivity contribution in [2.24, 2.45) is 11.3 Å². The molecule has 1 saturated carbocycles. The van der Waals surface area contributed by atoms with E-state index in [0.29, 0.717) is 5.75 Å². The number of hydrogen-bond donors (Lipinski definition) is 1. The van der Waals surface area contributed by atoms with Crippen LogP contribution < -0.4 is 4.74 Å². The monoisotopic (exact) mass is 238 g/mol. The molecule has 2 atom stereocenters. The molecular formula is C13H15FO3. The van der Waals surface area contributed by atoms with E-state index in [1.54, 1.807) is 6.07 Å². The third kappa shape index (κ3) is 1.77. The number of methoxy groups -OCH3 is 1. The first-order valence-corrected chi connectivity index (χ1v) is 5.46. The number of carboxylic acids is 1. The molecule has 0 aromatic heterocycles. The Morgan fingerprint density at radius 3 is 2.59 bits per heavy atom. The maximum atomic E-state index is 13.1. The highest BCUT2D eigenvalue weighted by molar-refractivity contribution is 5.78. The lowest BCUT2D eigenvalue weighted by Gasteiger charge is -2.09. The van der Waals surface area contributed by atoms with Crippen molar-refractivity contribution in [1.82, 2.24) is 0 Å². The maximum Gasteiger partial charge on any atom is 0.307 e. The molecule has 0 heterocycles. The Morgan fingerprint density at radius 2 is 2.12 bits per heavy atom. The van der Waals surface area contributed by atoms with Crippen LogP contribution in [-0.4, -0.2) is 18.2 Å². The van der Waals surface area contributed by atoms with Gasteiger partial charge in [0.2, 0.25) is 0 Å². The zero-order chi connectivity index (χ0) is 12.8. The maximum absolute atomic E-state index is 13.1. The Bertz CT molecular complexity index is 468. The van der Waals surface area contributed by atoms with Crippen LogP contribution >= 0.6 is 0 Å². The van der Waals surface area contributed by atoms with E-state index in [1.807, 2.05) is 13.8 Å². The number of ether oxygens (including phenoxy) is 1. The van der Waals surface area contributed by atoms with Crippen LogP contribution in [0.1, 0.15) is 25.3 Å². The minimum atomic E-state index is -0.814. The molecule has 92 valence electrons. The highest BCUT2D eigenvalue weighted by atomic mass is 19.1. The fraction of sp³-hybridized carbons (Fsp3) is 0.462. The van der Waals surface area contributed by atoms with Crippen LogP contribution in [0.2, 0.25) is 0 Å². The molecule has 17 heavy (non-hydrogen) atoms. The van der Waals surface area contributed by atoms with E-state index in [4.69, 9.17) is 9.84 Å². The highest BCUT2D eigenvalue weighted by Gasteiger charge is 2.63. The van der Waals surface area contributed by atoms with Crippen molar-refractivity contribution in [3.8, 4) is 5.75 Å². The van der Waals surface area contributed by atoms with E-state index in [9.17, 15) is 9.18 Å². The molecule has 1 aliphatic carbocycles. The first-order chi connectivity index (χ1) is 7.89. The molecule has 0 radical (unpaired) electrons. The van der Waals surface area contributed by atoms with Gasteiger partial charge in [0.05, 0.1) is 13.0 Å². The molecule has 0 spiro atoms. The third-order valence-corrected chi connectivity index (χ3v) is 3.62. The number of hydrogen-bond acceptors (Lipinski definition) is 2. The van der Waals surface area contributed by atoms with Gasteiger partial charge in [-0.05, 0) is 17.0 Å². The van der Waals surface area contributed by atoms with Crippen LogP contribution in [0.5, 0.6) is 5.75 Å². The van der Waals surface area contributed by atoms with Gasteiger partial charge in [0.1, 0.15) is 11.6 Å². The second-order valence-corrected chi connectivity index (χ2v) is 5.00. The molecule has 1 N–H and O–H groups in total. The molecular weight excluding hydrogens is 223 g/mol. The van der Waals surface area contributed by atoms with Gasteiger partial charge in [0, 0.05) is 12.0 Å². The fourth-order valence-electron chi connectivity index (χ4n) is 2.62. The van der Waals surface area contributed by atoms with Gasteiger partial charge < -0.3 is 9.84 Å². The third-order valence-electron chi connectivity index (χ3n) is 3.62. The van der Waals surface area contributed by atoms with Crippen molar-refractivity contribution in [3.63, 3.8) is 0 Å². The molecule has 3 nitrogen and oxygen atoms in total. The molecule has 0 bridgehead atoms. The van der Waals surface area contributed by atoms with E-state index >= 15 is 0 Å². The summed E-state index contributed by atoms with van der Waals surface area (Å²) < 4.78 is 18.2. The predicted molar refractivity (Wildman–Crippen MR) is 60.6 cm³/mol. The van der Waals surface area contributed by atoms with Crippen molar-refractivity contribution in [1.29, 1.82) is 0 Å². The van der Waals surface area contributed by atoms with Crippen LogP contribution in [0, 0.1) is 17.2 Å². The largest absolute Gasteiger partial charge is 0.496 e. The zero-order valence-corrected chi connectivity index (χ0v) is 10.0. The number of halogens is 1. The summed E-state index contributed by atoms with van der Waals surface area (Å²) in [4.78, 5) is 11.1. The van der Waals surface area contributed by atoms with Crippen LogP contribution in [-0.2, 0) is 4.79 Å². The van der Waals surface area contributed by atoms with Crippen LogP contribution in [0.3, 0.4) is 0 Å². The van der Waals surface area contributed by atoms with Crippen molar-refractivity contribution in [3.05, 3.63) is 29.6 Å². The van der Waals surface area contributed by atoms with E-state index in [1.165, 1.54) is 19.2 Å². The SMILES string of the molecule is COc1cc(F)ccc1C1C(C(=O)O)C1(C)C. The first-order valence-electron chi connectivity index (χ1n) is 5.46. The normalized spacial score (nSPS) is 25.4. The van der Waals surface area contributed by atoms with E-state index in [2.05, 4.69) is 0 Å². The molecule has 0 amide bonds. The Labute approximate surface area is 99.2 Å². The van der Waals surface area contributed by atoms with E-state index < -0.39 is 11.9 Å². The van der Waals surface area contributed by atoms with Gasteiger partial charge in [-0.1, -0.05) is 19.9 Å². The minimum absolute atomic E-state index is 0.115. The molecule has 1 aromatic carbocycles. The lowest BCUT2D eigenvalue weighted by Crippen LogP contribution is -2.03. The first kappa shape index (κ1) is 11.9. The van der Waals surface area contributed by atoms with E-state index in [-0.39, 0.29) is 17.2 Å². The fourth-order valence-corrected chi connectivity index (χ4v) is 2.62. The molecule has 0 aliphatic heterocycles. The van der Waals surface area contributed by atoms with Crippen molar-refractivity contribution in [2.45, 2.75) is 19.8 Å². The van der Waals surface area contributed by atoms with Gasteiger partial charge in [-0.25, -0.2) is 4.39 Å². The van der Waals surface area contributed by atoms with Crippen LogP contribution in [0.25, 0.3) is 0 Å².